The molecule has 3 heterocycles. The number of rotatable bonds is 3. The number of hydrogen-bond acceptors (Lipinski definition) is 5. The molecule has 0 atom stereocenters. The molecule has 1 saturated heterocycles. The second-order valence-corrected chi connectivity index (χ2v) is 6.98. The first-order chi connectivity index (χ1) is 12.1. The van der Waals surface area contributed by atoms with Gasteiger partial charge in [-0.1, -0.05) is 11.6 Å². The summed E-state index contributed by atoms with van der Waals surface area (Å²) in [5.41, 5.74) is 3.05. The number of benzene rings is 1. The molecule has 0 aliphatic carbocycles. The monoisotopic (exact) mass is 356 g/mol. The largest absolute Gasteiger partial charge is 0.317 e. The van der Waals surface area contributed by atoms with Crippen LogP contribution < -0.4 is 10.6 Å². The topological polar surface area (TPSA) is 67.7 Å². The number of aryl methyl sites for hydroxylation is 2. The molecule has 0 bridgehead atoms. The molecule has 25 heavy (non-hydrogen) atoms. The van der Waals surface area contributed by atoms with Gasteiger partial charge < -0.3 is 10.6 Å². The number of piperidine rings is 1. The lowest BCUT2D eigenvalue weighted by atomic mass is 9.89. The molecule has 2 aromatic heterocycles. The molecule has 1 aromatic carbocycles. The predicted molar refractivity (Wildman–Crippen MR) is 101 cm³/mol. The van der Waals surface area contributed by atoms with Gasteiger partial charge in [-0.2, -0.15) is 5.10 Å². The fourth-order valence-electron chi connectivity index (χ4n) is 3.42. The van der Waals surface area contributed by atoms with Gasteiger partial charge in [0.25, 0.3) is 0 Å². The van der Waals surface area contributed by atoms with Crippen molar-refractivity contribution in [1.82, 2.24) is 25.1 Å². The van der Waals surface area contributed by atoms with Crippen LogP contribution in [0.25, 0.3) is 10.9 Å². The summed E-state index contributed by atoms with van der Waals surface area (Å²) in [6.07, 6.45) is 4.03. The summed E-state index contributed by atoms with van der Waals surface area (Å²) in [6, 6.07) is 6.07. The number of hydrogen-bond donors (Lipinski definition) is 2. The molecule has 0 amide bonds. The minimum Gasteiger partial charge on any atom is -0.317 e. The standard InChI is InChI=1S/C18H21ClN6/c1-11-7-17(25(2)24-11)23-18-21-10-13-8-15(19)14(9-16(13)22-18)12-3-5-20-6-4-12/h7-10,12,20H,3-6H2,1-2H3,(H,21,22,23). The van der Waals surface area contributed by atoms with Crippen LogP contribution in [0, 0.1) is 6.92 Å². The van der Waals surface area contributed by atoms with Crippen LogP contribution in [0.3, 0.4) is 0 Å². The van der Waals surface area contributed by atoms with Crippen molar-refractivity contribution >= 4 is 34.3 Å². The fourth-order valence-corrected chi connectivity index (χ4v) is 3.74. The quantitative estimate of drug-likeness (QED) is 0.751. The van der Waals surface area contributed by atoms with Gasteiger partial charge in [-0.15, -0.1) is 0 Å². The molecule has 0 unspecified atom stereocenters. The lowest BCUT2D eigenvalue weighted by molar-refractivity contribution is 0.461. The zero-order valence-electron chi connectivity index (χ0n) is 14.4. The van der Waals surface area contributed by atoms with E-state index >= 15 is 0 Å². The fraction of sp³-hybridized carbons (Fsp3) is 0.389. The molecule has 0 radical (unpaired) electrons. The summed E-state index contributed by atoms with van der Waals surface area (Å²) in [5, 5.41) is 12.7. The van der Waals surface area contributed by atoms with Crippen LogP contribution in [0.1, 0.15) is 30.0 Å². The Morgan fingerprint density at radius 1 is 1.24 bits per heavy atom. The molecular weight excluding hydrogens is 336 g/mol. The zero-order chi connectivity index (χ0) is 17.4. The Morgan fingerprint density at radius 2 is 2.04 bits per heavy atom. The van der Waals surface area contributed by atoms with E-state index in [1.165, 1.54) is 5.56 Å². The van der Waals surface area contributed by atoms with Gasteiger partial charge in [0.15, 0.2) is 0 Å². The Morgan fingerprint density at radius 3 is 2.76 bits per heavy atom. The van der Waals surface area contributed by atoms with Gasteiger partial charge in [0.2, 0.25) is 5.95 Å². The lowest BCUT2D eigenvalue weighted by Gasteiger charge is -2.24. The van der Waals surface area contributed by atoms with Crippen LogP contribution in [0.2, 0.25) is 5.02 Å². The number of nitrogens with zero attached hydrogens (tertiary/aromatic N) is 4. The first-order valence-corrected chi connectivity index (χ1v) is 8.92. The Bertz CT molecular complexity index is 913. The zero-order valence-corrected chi connectivity index (χ0v) is 15.1. The van der Waals surface area contributed by atoms with E-state index in [4.69, 9.17) is 11.6 Å². The van der Waals surface area contributed by atoms with Gasteiger partial charge >= 0.3 is 0 Å². The molecule has 0 spiro atoms. The van der Waals surface area contributed by atoms with Crippen molar-refractivity contribution in [2.75, 3.05) is 18.4 Å². The van der Waals surface area contributed by atoms with Crippen molar-refractivity contribution in [3.05, 3.63) is 40.7 Å². The second-order valence-electron chi connectivity index (χ2n) is 6.57. The van der Waals surface area contributed by atoms with Crippen molar-refractivity contribution in [3.8, 4) is 0 Å². The Balaban J connectivity index is 1.68. The molecule has 6 nitrogen and oxygen atoms in total. The number of nitrogens with one attached hydrogen (secondary N) is 2. The number of anilines is 2. The second kappa shape index (κ2) is 6.61. The predicted octanol–water partition coefficient (Wildman–Crippen LogP) is 3.54. The van der Waals surface area contributed by atoms with Gasteiger partial charge in [-0.05, 0) is 56.5 Å². The highest BCUT2D eigenvalue weighted by Crippen LogP contribution is 2.33. The summed E-state index contributed by atoms with van der Waals surface area (Å²) >= 11 is 6.53. The third kappa shape index (κ3) is 3.32. The van der Waals surface area contributed by atoms with Crippen LogP contribution >= 0.6 is 11.6 Å². The summed E-state index contributed by atoms with van der Waals surface area (Å²) in [6.45, 7) is 4.03. The molecule has 1 fully saturated rings. The average molecular weight is 357 g/mol. The van der Waals surface area contributed by atoms with E-state index in [2.05, 4.69) is 31.8 Å². The van der Waals surface area contributed by atoms with Crippen LogP contribution in [0.5, 0.6) is 0 Å². The van der Waals surface area contributed by atoms with E-state index in [1.807, 2.05) is 32.3 Å². The average Bonchev–Trinajstić information content (AvgIpc) is 2.92. The molecule has 7 heteroatoms. The maximum Gasteiger partial charge on any atom is 0.228 e. The van der Waals surface area contributed by atoms with Gasteiger partial charge in [-0.3, -0.25) is 4.68 Å². The van der Waals surface area contributed by atoms with E-state index in [-0.39, 0.29) is 0 Å². The van der Waals surface area contributed by atoms with Crippen molar-refractivity contribution in [2.24, 2.45) is 7.05 Å². The minimum absolute atomic E-state index is 0.490. The highest BCUT2D eigenvalue weighted by Gasteiger charge is 2.19. The molecule has 2 N–H and O–H groups in total. The van der Waals surface area contributed by atoms with Crippen LogP contribution in [0.4, 0.5) is 11.8 Å². The highest BCUT2D eigenvalue weighted by molar-refractivity contribution is 6.32. The van der Waals surface area contributed by atoms with Gasteiger partial charge in [0.1, 0.15) is 5.82 Å². The third-order valence-electron chi connectivity index (χ3n) is 4.72. The molecule has 4 rings (SSSR count). The van der Waals surface area contributed by atoms with Gasteiger partial charge in [0.05, 0.1) is 11.2 Å². The summed E-state index contributed by atoms with van der Waals surface area (Å²) in [5.74, 6) is 1.92. The maximum atomic E-state index is 6.53. The van der Waals surface area contributed by atoms with Crippen LogP contribution in [0.15, 0.2) is 24.4 Å². The third-order valence-corrected chi connectivity index (χ3v) is 5.05. The van der Waals surface area contributed by atoms with Crippen molar-refractivity contribution in [3.63, 3.8) is 0 Å². The number of fused-ring (bicyclic) bond motifs is 1. The summed E-state index contributed by atoms with van der Waals surface area (Å²) < 4.78 is 1.78. The molecule has 3 aromatic rings. The maximum absolute atomic E-state index is 6.53. The van der Waals surface area contributed by atoms with E-state index in [9.17, 15) is 0 Å². The Labute approximate surface area is 151 Å². The van der Waals surface area contributed by atoms with Crippen molar-refractivity contribution in [2.45, 2.75) is 25.7 Å². The van der Waals surface area contributed by atoms with Crippen LogP contribution in [-0.4, -0.2) is 32.8 Å². The van der Waals surface area contributed by atoms with Crippen molar-refractivity contribution in [1.29, 1.82) is 0 Å². The lowest BCUT2D eigenvalue weighted by Crippen LogP contribution is -2.26. The smallest absolute Gasteiger partial charge is 0.228 e. The van der Waals surface area contributed by atoms with E-state index in [1.54, 1.807) is 4.68 Å². The SMILES string of the molecule is Cc1cc(Nc2ncc3cc(Cl)c(C4CCNCC4)cc3n2)n(C)n1. The van der Waals surface area contributed by atoms with Gasteiger partial charge in [-0.25, -0.2) is 9.97 Å². The first kappa shape index (κ1) is 16.3. The Kier molecular flexibility index (Phi) is 4.31. The summed E-state index contributed by atoms with van der Waals surface area (Å²) in [4.78, 5) is 9.08. The molecule has 1 aliphatic rings. The molecular formula is C18H21ClN6. The number of halogens is 1. The van der Waals surface area contributed by atoms with Crippen LogP contribution in [-0.2, 0) is 7.05 Å². The summed E-state index contributed by atoms with van der Waals surface area (Å²) in [7, 11) is 1.89. The van der Waals surface area contributed by atoms with Gasteiger partial charge in [0, 0.05) is 29.7 Å². The minimum atomic E-state index is 0.490. The molecule has 0 saturated carbocycles. The normalized spacial score (nSPS) is 15.6. The molecule has 1 aliphatic heterocycles. The van der Waals surface area contributed by atoms with Crippen molar-refractivity contribution < 1.29 is 0 Å². The number of aromatic nitrogens is 4. The Hall–Kier alpha value is -2.18. The van der Waals surface area contributed by atoms with E-state index < -0.39 is 0 Å². The highest BCUT2D eigenvalue weighted by atomic mass is 35.5. The van der Waals surface area contributed by atoms with E-state index in [0.29, 0.717) is 11.9 Å². The molecule has 130 valence electrons. The first-order valence-electron chi connectivity index (χ1n) is 8.55. The van der Waals surface area contributed by atoms with E-state index in [0.717, 1.165) is 53.4 Å².